The molecule has 2 aromatic carbocycles. The second kappa shape index (κ2) is 5.09. The Balaban J connectivity index is 2.21. The molecule has 0 atom stereocenters. The number of benzene rings is 2. The molecule has 0 saturated heterocycles. The van der Waals surface area contributed by atoms with E-state index >= 15 is 0 Å². The van der Waals surface area contributed by atoms with Gasteiger partial charge in [0.1, 0.15) is 0 Å². The van der Waals surface area contributed by atoms with Crippen LogP contribution in [-0.4, -0.2) is 8.42 Å². The highest BCUT2D eigenvalue weighted by Crippen LogP contribution is 2.21. The molecule has 18 heavy (non-hydrogen) atoms. The second-order valence-corrected chi connectivity index (χ2v) is 6.18. The Morgan fingerprint density at radius 3 is 2.22 bits per heavy atom. The van der Waals surface area contributed by atoms with Gasteiger partial charge in [0, 0.05) is 15.8 Å². The summed E-state index contributed by atoms with van der Waals surface area (Å²) < 4.78 is 23.2. The van der Waals surface area contributed by atoms with Gasteiger partial charge in [-0.1, -0.05) is 22.0 Å². The Labute approximate surface area is 114 Å². The molecule has 0 heterocycles. The van der Waals surface area contributed by atoms with Crippen LogP contribution in [0.15, 0.2) is 57.9 Å². The van der Waals surface area contributed by atoms with E-state index in [1.807, 2.05) is 24.3 Å². The Morgan fingerprint density at radius 1 is 1.00 bits per heavy atom. The minimum Gasteiger partial charge on any atom is -0.355 e. The molecular formula is C12H11BrN2O2S. The zero-order valence-corrected chi connectivity index (χ0v) is 11.7. The highest BCUT2D eigenvalue weighted by molar-refractivity contribution is 9.10. The van der Waals surface area contributed by atoms with Crippen LogP contribution in [0.25, 0.3) is 0 Å². The predicted molar refractivity (Wildman–Crippen MR) is 75.2 cm³/mol. The molecule has 0 spiro atoms. The van der Waals surface area contributed by atoms with E-state index in [2.05, 4.69) is 21.2 Å². The van der Waals surface area contributed by atoms with Crippen molar-refractivity contribution in [3.05, 3.63) is 53.0 Å². The summed E-state index contributed by atoms with van der Waals surface area (Å²) in [5.74, 6) is 0. The summed E-state index contributed by atoms with van der Waals surface area (Å²) in [5, 5.41) is 8.18. The third kappa shape index (κ3) is 3.32. The van der Waals surface area contributed by atoms with Gasteiger partial charge < -0.3 is 5.32 Å². The Bertz CT molecular complexity index is 654. The van der Waals surface area contributed by atoms with Gasteiger partial charge in [-0.15, -0.1) is 0 Å². The molecule has 3 N–H and O–H groups in total. The molecule has 0 bridgehead atoms. The van der Waals surface area contributed by atoms with Gasteiger partial charge in [-0.25, -0.2) is 13.6 Å². The molecule has 0 aliphatic rings. The lowest BCUT2D eigenvalue weighted by Gasteiger charge is -2.07. The Morgan fingerprint density at radius 2 is 1.67 bits per heavy atom. The molecule has 0 aliphatic heterocycles. The summed E-state index contributed by atoms with van der Waals surface area (Å²) in [7, 11) is -3.63. The van der Waals surface area contributed by atoms with Crippen molar-refractivity contribution in [2.75, 3.05) is 5.32 Å². The molecule has 94 valence electrons. The second-order valence-electron chi connectivity index (χ2n) is 3.70. The van der Waals surface area contributed by atoms with Crippen molar-refractivity contribution in [3.63, 3.8) is 0 Å². The van der Waals surface area contributed by atoms with Gasteiger partial charge in [-0.3, -0.25) is 0 Å². The number of rotatable bonds is 3. The molecule has 0 aliphatic carbocycles. The number of anilines is 2. The standard InChI is InChI=1S/C12H11BrN2O2S/c13-9-2-1-3-11(8-9)15-10-4-6-12(7-5-10)18(14,16)17/h1-8,15H,(H2,14,16,17). The molecule has 0 saturated carbocycles. The highest BCUT2D eigenvalue weighted by atomic mass is 79.9. The number of hydrogen-bond donors (Lipinski definition) is 2. The van der Waals surface area contributed by atoms with E-state index in [1.54, 1.807) is 12.1 Å². The third-order valence-corrected chi connectivity index (χ3v) is 3.72. The molecule has 4 nitrogen and oxygen atoms in total. The first-order valence-corrected chi connectivity index (χ1v) is 7.44. The van der Waals surface area contributed by atoms with Gasteiger partial charge in [-0.05, 0) is 42.5 Å². The van der Waals surface area contributed by atoms with Crippen molar-refractivity contribution in [1.29, 1.82) is 0 Å². The van der Waals surface area contributed by atoms with Gasteiger partial charge in [0.2, 0.25) is 10.0 Å². The Kier molecular flexibility index (Phi) is 3.70. The highest BCUT2D eigenvalue weighted by Gasteiger charge is 2.06. The molecule has 2 aromatic rings. The molecule has 0 fully saturated rings. The van der Waals surface area contributed by atoms with Crippen molar-refractivity contribution in [2.45, 2.75) is 4.90 Å². The minimum atomic E-state index is -3.63. The van der Waals surface area contributed by atoms with Gasteiger partial charge in [-0.2, -0.15) is 0 Å². The largest absolute Gasteiger partial charge is 0.355 e. The molecule has 0 aromatic heterocycles. The van der Waals surface area contributed by atoms with E-state index in [0.717, 1.165) is 15.8 Å². The summed E-state index contributed by atoms with van der Waals surface area (Å²) in [6.45, 7) is 0. The number of nitrogens with one attached hydrogen (secondary N) is 1. The topological polar surface area (TPSA) is 72.2 Å². The fourth-order valence-corrected chi connectivity index (χ4v) is 2.38. The first-order chi connectivity index (χ1) is 8.45. The number of halogens is 1. The monoisotopic (exact) mass is 326 g/mol. The summed E-state index contributed by atoms with van der Waals surface area (Å²) in [6.07, 6.45) is 0. The van der Waals surface area contributed by atoms with Crippen LogP contribution in [0.3, 0.4) is 0 Å². The van der Waals surface area contributed by atoms with Crippen LogP contribution < -0.4 is 10.5 Å². The lowest BCUT2D eigenvalue weighted by Crippen LogP contribution is -2.11. The quantitative estimate of drug-likeness (QED) is 0.910. The van der Waals surface area contributed by atoms with Crippen LogP contribution in [0.2, 0.25) is 0 Å². The molecular weight excluding hydrogens is 316 g/mol. The zero-order chi connectivity index (χ0) is 13.2. The molecule has 0 radical (unpaired) electrons. The van der Waals surface area contributed by atoms with Crippen LogP contribution >= 0.6 is 15.9 Å². The fourth-order valence-electron chi connectivity index (χ4n) is 1.46. The molecule has 0 unspecified atom stereocenters. The van der Waals surface area contributed by atoms with E-state index < -0.39 is 10.0 Å². The summed E-state index contributed by atoms with van der Waals surface area (Å²) in [4.78, 5) is 0.0993. The SMILES string of the molecule is NS(=O)(=O)c1ccc(Nc2cccc(Br)c2)cc1. The maximum absolute atomic E-state index is 11.1. The maximum atomic E-state index is 11.1. The van der Waals surface area contributed by atoms with Crippen molar-refractivity contribution in [3.8, 4) is 0 Å². The average Bonchev–Trinajstić information content (AvgIpc) is 2.28. The minimum absolute atomic E-state index is 0.0993. The fraction of sp³-hybridized carbons (Fsp3) is 0. The lowest BCUT2D eigenvalue weighted by molar-refractivity contribution is 0.598. The van der Waals surface area contributed by atoms with Crippen molar-refractivity contribution in [2.24, 2.45) is 5.14 Å². The molecule has 0 amide bonds. The Hall–Kier alpha value is -1.37. The average molecular weight is 327 g/mol. The van der Waals surface area contributed by atoms with Crippen molar-refractivity contribution < 1.29 is 8.42 Å². The van der Waals surface area contributed by atoms with E-state index in [9.17, 15) is 8.42 Å². The number of primary sulfonamides is 1. The van der Waals surface area contributed by atoms with E-state index in [4.69, 9.17) is 5.14 Å². The number of sulfonamides is 1. The van der Waals surface area contributed by atoms with Crippen molar-refractivity contribution >= 4 is 37.3 Å². The van der Waals surface area contributed by atoms with Crippen LogP contribution in [-0.2, 0) is 10.0 Å². The van der Waals surface area contributed by atoms with Crippen LogP contribution in [0.4, 0.5) is 11.4 Å². The molecule has 6 heteroatoms. The molecule has 2 rings (SSSR count). The van der Waals surface area contributed by atoms with Crippen LogP contribution in [0.5, 0.6) is 0 Å². The number of nitrogens with two attached hydrogens (primary N) is 1. The van der Waals surface area contributed by atoms with Gasteiger partial charge >= 0.3 is 0 Å². The van der Waals surface area contributed by atoms with Gasteiger partial charge in [0.15, 0.2) is 0 Å². The van der Waals surface area contributed by atoms with Gasteiger partial charge in [0.05, 0.1) is 4.90 Å². The van der Waals surface area contributed by atoms with Crippen molar-refractivity contribution in [1.82, 2.24) is 0 Å². The maximum Gasteiger partial charge on any atom is 0.238 e. The summed E-state index contributed by atoms with van der Waals surface area (Å²) in [5.41, 5.74) is 1.70. The summed E-state index contributed by atoms with van der Waals surface area (Å²) >= 11 is 3.38. The van der Waals surface area contributed by atoms with E-state index in [0.29, 0.717) is 0 Å². The summed E-state index contributed by atoms with van der Waals surface area (Å²) in [6, 6.07) is 13.9. The zero-order valence-electron chi connectivity index (χ0n) is 9.30. The lowest BCUT2D eigenvalue weighted by atomic mass is 10.3. The third-order valence-electron chi connectivity index (χ3n) is 2.30. The van der Waals surface area contributed by atoms with Crippen LogP contribution in [0.1, 0.15) is 0 Å². The smallest absolute Gasteiger partial charge is 0.238 e. The van der Waals surface area contributed by atoms with Gasteiger partial charge in [0.25, 0.3) is 0 Å². The normalized spacial score (nSPS) is 11.2. The first-order valence-electron chi connectivity index (χ1n) is 5.10. The number of hydrogen-bond acceptors (Lipinski definition) is 3. The van der Waals surface area contributed by atoms with E-state index in [1.165, 1.54) is 12.1 Å². The van der Waals surface area contributed by atoms with E-state index in [-0.39, 0.29) is 4.90 Å². The van der Waals surface area contributed by atoms with Crippen LogP contribution in [0, 0.1) is 0 Å². The first kappa shape index (κ1) is 13.1. The predicted octanol–water partition coefficient (Wildman–Crippen LogP) is 2.84.